The van der Waals surface area contributed by atoms with Gasteiger partial charge in [0.1, 0.15) is 0 Å². The molecule has 2 aromatic rings. The van der Waals surface area contributed by atoms with E-state index in [0.717, 1.165) is 22.4 Å². The number of carbonyl (C=O) groups is 1. The molecule has 1 saturated heterocycles. The Kier molecular flexibility index (Phi) is 4.32. The topological polar surface area (TPSA) is 41.6 Å². The lowest BCUT2D eigenvalue weighted by Crippen LogP contribution is -2.27. The molecule has 2 aromatic carbocycles. The predicted octanol–water partition coefficient (Wildman–Crippen LogP) is 3.68. The minimum absolute atomic E-state index is 0.0531. The van der Waals surface area contributed by atoms with Crippen molar-refractivity contribution < 1.29 is 9.53 Å². The van der Waals surface area contributed by atoms with Gasteiger partial charge in [-0.2, -0.15) is 0 Å². The van der Waals surface area contributed by atoms with Gasteiger partial charge in [0, 0.05) is 30.9 Å². The molecule has 0 saturated carbocycles. The molecule has 114 valence electrons. The van der Waals surface area contributed by atoms with Crippen LogP contribution in [0.25, 0.3) is 11.1 Å². The number of nitrogens with zero attached hydrogens (tertiary/aromatic N) is 1. The monoisotopic (exact) mass is 316 g/mol. The van der Waals surface area contributed by atoms with E-state index in [2.05, 4.69) is 5.32 Å². The normalized spacial score (nSPS) is 14.3. The van der Waals surface area contributed by atoms with Crippen molar-refractivity contribution in [2.75, 3.05) is 25.1 Å². The van der Waals surface area contributed by atoms with E-state index >= 15 is 0 Å². The highest BCUT2D eigenvalue weighted by Crippen LogP contribution is 2.30. The SMILES string of the molecule is COCc1cc(N2CCNC2=O)ccc1-c1ccc(Cl)cc1. The number of nitrogens with one attached hydrogen (secondary N) is 1. The van der Waals surface area contributed by atoms with Crippen LogP contribution < -0.4 is 10.2 Å². The van der Waals surface area contributed by atoms with Crippen LogP contribution in [0.2, 0.25) is 5.02 Å². The van der Waals surface area contributed by atoms with Crippen LogP contribution in [0.1, 0.15) is 5.56 Å². The number of anilines is 1. The Morgan fingerprint density at radius 1 is 1.23 bits per heavy atom. The number of ether oxygens (including phenoxy) is 1. The Morgan fingerprint density at radius 3 is 2.64 bits per heavy atom. The van der Waals surface area contributed by atoms with Gasteiger partial charge >= 0.3 is 6.03 Å². The molecule has 0 unspecified atom stereocenters. The maximum Gasteiger partial charge on any atom is 0.321 e. The number of urea groups is 1. The summed E-state index contributed by atoms with van der Waals surface area (Å²) in [5.41, 5.74) is 4.09. The van der Waals surface area contributed by atoms with Crippen molar-refractivity contribution in [3.05, 3.63) is 53.1 Å². The van der Waals surface area contributed by atoms with Gasteiger partial charge in [0.05, 0.1) is 6.61 Å². The third-order valence-corrected chi connectivity index (χ3v) is 3.96. The zero-order chi connectivity index (χ0) is 15.5. The first-order chi connectivity index (χ1) is 10.7. The minimum atomic E-state index is -0.0531. The fourth-order valence-electron chi connectivity index (χ4n) is 2.65. The summed E-state index contributed by atoms with van der Waals surface area (Å²) in [5.74, 6) is 0. The van der Waals surface area contributed by atoms with Crippen LogP contribution in [0.3, 0.4) is 0 Å². The van der Waals surface area contributed by atoms with Crippen LogP contribution in [-0.2, 0) is 11.3 Å². The molecule has 0 aromatic heterocycles. The molecule has 1 N–H and O–H groups in total. The fraction of sp³-hybridized carbons (Fsp3) is 0.235. The smallest absolute Gasteiger partial charge is 0.321 e. The molecule has 0 atom stereocenters. The average molecular weight is 317 g/mol. The molecule has 1 heterocycles. The maximum atomic E-state index is 11.8. The van der Waals surface area contributed by atoms with Gasteiger partial charge in [0.2, 0.25) is 0 Å². The average Bonchev–Trinajstić information content (AvgIpc) is 2.95. The number of methoxy groups -OCH3 is 1. The highest BCUT2D eigenvalue weighted by atomic mass is 35.5. The molecular formula is C17H17ClN2O2. The third-order valence-electron chi connectivity index (χ3n) is 3.71. The Hall–Kier alpha value is -2.04. The third kappa shape index (κ3) is 2.93. The number of hydrogen-bond acceptors (Lipinski definition) is 2. The van der Waals surface area contributed by atoms with Gasteiger partial charge in [-0.05, 0) is 41.0 Å². The summed E-state index contributed by atoms with van der Waals surface area (Å²) in [4.78, 5) is 13.5. The van der Waals surface area contributed by atoms with E-state index in [-0.39, 0.29) is 6.03 Å². The van der Waals surface area contributed by atoms with Crippen LogP contribution in [0.4, 0.5) is 10.5 Å². The molecule has 1 aliphatic heterocycles. The summed E-state index contributed by atoms with van der Waals surface area (Å²) in [5, 5.41) is 3.52. The molecule has 0 radical (unpaired) electrons. The van der Waals surface area contributed by atoms with Crippen molar-refractivity contribution in [2.45, 2.75) is 6.61 Å². The first-order valence-electron chi connectivity index (χ1n) is 7.12. The summed E-state index contributed by atoms with van der Waals surface area (Å²) in [6, 6.07) is 13.7. The highest BCUT2D eigenvalue weighted by Gasteiger charge is 2.21. The summed E-state index contributed by atoms with van der Waals surface area (Å²) < 4.78 is 5.31. The molecule has 22 heavy (non-hydrogen) atoms. The Balaban J connectivity index is 2.00. The first-order valence-corrected chi connectivity index (χ1v) is 7.50. The van der Waals surface area contributed by atoms with Crippen molar-refractivity contribution in [3.8, 4) is 11.1 Å². The van der Waals surface area contributed by atoms with Gasteiger partial charge in [0.15, 0.2) is 0 Å². The molecule has 0 aliphatic carbocycles. The number of amides is 2. The van der Waals surface area contributed by atoms with Crippen molar-refractivity contribution in [2.24, 2.45) is 0 Å². The van der Waals surface area contributed by atoms with Gasteiger partial charge in [-0.25, -0.2) is 4.79 Å². The second-order valence-corrected chi connectivity index (χ2v) is 5.60. The van der Waals surface area contributed by atoms with E-state index in [1.807, 2.05) is 42.5 Å². The molecule has 3 rings (SSSR count). The van der Waals surface area contributed by atoms with Gasteiger partial charge in [-0.3, -0.25) is 4.90 Å². The van der Waals surface area contributed by atoms with E-state index in [4.69, 9.17) is 16.3 Å². The number of rotatable bonds is 4. The van der Waals surface area contributed by atoms with Crippen LogP contribution in [-0.4, -0.2) is 26.2 Å². The molecule has 5 heteroatoms. The Morgan fingerprint density at radius 2 is 2.00 bits per heavy atom. The molecule has 1 fully saturated rings. The molecule has 4 nitrogen and oxygen atoms in total. The van der Waals surface area contributed by atoms with Crippen molar-refractivity contribution in [3.63, 3.8) is 0 Å². The number of benzene rings is 2. The van der Waals surface area contributed by atoms with Crippen molar-refractivity contribution >= 4 is 23.3 Å². The van der Waals surface area contributed by atoms with Crippen LogP contribution in [0.15, 0.2) is 42.5 Å². The minimum Gasteiger partial charge on any atom is -0.380 e. The molecule has 0 bridgehead atoms. The second-order valence-electron chi connectivity index (χ2n) is 5.16. The second kappa shape index (κ2) is 6.38. The van der Waals surface area contributed by atoms with Crippen molar-refractivity contribution in [1.82, 2.24) is 5.32 Å². The quantitative estimate of drug-likeness (QED) is 0.934. The number of halogens is 1. The number of carbonyl (C=O) groups excluding carboxylic acids is 1. The summed E-state index contributed by atoms with van der Waals surface area (Å²) in [6.45, 7) is 1.85. The summed E-state index contributed by atoms with van der Waals surface area (Å²) in [7, 11) is 1.67. The molecule has 2 amide bonds. The van der Waals surface area contributed by atoms with E-state index in [9.17, 15) is 4.79 Å². The lowest BCUT2D eigenvalue weighted by atomic mass is 9.99. The predicted molar refractivity (Wildman–Crippen MR) is 88.3 cm³/mol. The van der Waals surface area contributed by atoms with Gasteiger partial charge in [-0.15, -0.1) is 0 Å². The number of hydrogen-bond donors (Lipinski definition) is 1. The zero-order valence-electron chi connectivity index (χ0n) is 12.3. The van der Waals surface area contributed by atoms with E-state index in [1.54, 1.807) is 12.0 Å². The fourth-order valence-corrected chi connectivity index (χ4v) is 2.78. The first kappa shape index (κ1) is 14.9. The Bertz CT molecular complexity index is 686. The van der Waals surface area contributed by atoms with Crippen LogP contribution in [0, 0.1) is 0 Å². The van der Waals surface area contributed by atoms with E-state index in [0.29, 0.717) is 24.7 Å². The Labute approximate surface area is 134 Å². The summed E-state index contributed by atoms with van der Waals surface area (Å²) in [6.07, 6.45) is 0. The highest BCUT2D eigenvalue weighted by molar-refractivity contribution is 6.30. The van der Waals surface area contributed by atoms with Crippen LogP contribution >= 0.6 is 11.6 Å². The molecule has 1 aliphatic rings. The standard InChI is InChI=1S/C17H17ClN2O2/c1-22-11-13-10-15(20-9-8-19-17(20)21)6-7-16(13)12-2-4-14(18)5-3-12/h2-7,10H,8-9,11H2,1H3,(H,19,21). The molecular weight excluding hydrogens is 300 g/mol. The van der Waals surface area contributed by atoms with Gasteiger partial charge in [0.25, 0.3) is 0 Å². The van der Waals surface area contributed by atoms with E-state index < -0.39 is 0 Å². The maximum absolute atomic E-state index is 11.8. The van der Waals surface area contributed by atoms with Gasteiger partial charge in [-0.1, -0.05) is 29.8 Å². The zero-order valence-corrected chi connectivity index (χ0v) is 13.1. The van der Waals surface area contributed by atoms with Crippen molar-refractivity contribution in [1.29, 1.82) is 0 Å². The van der Waals surface area contributed by atoms with E-state index in [1.165, 1.54) is 0 Å². The largest absolute Gasteiger partial charge is 0.380 e. The summed E-state index contributed by atoms with van der Waals surface area (Å²) >= 11 is 5.95. The molecule has 0 spiro atoms. The lowest BCUT2D eigenvalue weighted by Gasteiger charge is -2.17. The van der Waals surface area contributed by atoms with Gasteiger partial charge < -0.3 is 10.1 Å². The lowest BCUT2D eigenvalue weighted by molar-refractivity contribution is 0.185. The van der Waals surface area contributed by atoms with Crippen LogP contribution in [0.5, 0.6) is 0 Å².